The van der Waals surface area contributed by atoms with Gasteiger partial charge < -0.3 is 15.0 Å². The molecule has 5 nitrogen and oxygen atoms in total. The topological polar surface area (TPSA) is 58.6 Å². The molecule has 6 heteroatoms. The molecule has 0 bridgehead atoms. The predicted octanol–water partition coefficient (Wildman–Crippen LogP) is 5.31. The first-order valence-electron chi connectivity index (χ1n) is 10.6. The minimum Gasteiger partial charge on any atom is -0.483 e. The Hall–Kier alpha value is -2.86. The van der Waals surface area contributed by atoms with Crippen LogP contribution in [0.2, 0.25) is 0 Å². The fourth-order valence-corrected chi connectivity index (χ4v) is 3.88. The van der Waals surface area contributed by atoms with E-state index in [0.717, 1.165) is 20.8 Å². The van der Waals surface area contributed by atoms with Crippen LogP contribution in [0.3, 0.4) is 0 Å². The summed E-state index contributed by atoms with van der Waals surface area (Å²) in [6, 6.07) is 20.7. The molecule has 2 amide bonds. The molecule has 0 aliphatic carbocycles. The van der Waals surface area contributed by atoms with Crippen molar-refractivity contribution in [1.82, 2.24) is 10.2 Å². The van der Waals surface area contributed by atoms with Gasteiger partial charge >= 0.3 is 0 Å². The van der Waals surface area contributed by atoms with Gasteiger partial charge in [0.15, 0.2) is 6.61 Å². The van der Waals surface area contributed by atoms with Crippen molar-refractivity contribution in [1.29, 1.82) is 0 Å². The smallest absolute Gasteiger partial charge is 0.261 e. The van der Waals surface area contributed by atoms with Crippen LogP contribution < -0.4 is 10.1 Å². The van der Waals surface area contributed by atoms with Crippen LogP contribution in [0.25, 0.3) is 10.8 Å². The Morgan fingerprint density at radius 3 is 2.44 bits per heavy atom. The minimum atomic E-state index is -0.656. The van der Waals surface area contributed by atoms with E-state index >= 15 is 0 Å². The van der Waals surface area contributed by atoms with Gasteiger partial charge in [-0.2, -0.15) is 0 Å². The molecule has 0 spiro atoms. The van der Waals surface area contributed by atoms with E-state index in [2.05, 4.69) is 21.2 Å². The van der Waals surface area contributed by atoms with Crippen LogP contribution in [-0.4, -0.2) is 34.9 Å². The van der Waals surface area contributed by atoms with E-state index in [0.29, 0.717) is 12.3 Å². The molecule has 3 aromatic rings. The third-order valence-electron chi connectivity index (χ3n) is 5.01. The summed E-state index contributed by atoms with van der Waals surface area (Å²) in [4.78, 5) is 27.7. The number of benzene rings is 3. The summed E-state index contributed by atoms with van der Waals surface area (Å²) in [6.07, 6.45) is 0. The monoisotopic (exact) mass is 496 g/mol. The highest BCUT2D eigenvalue weighted by Crippen LogP contribution is 2.25. The molecule has 1 N–H and O–H groups in total. The number of ether oxygens (including phenoxy) is 1. The highest BCUT2D eigenvalue weighted by molar-refractivity contribution is 9.10. The van der Waals surface area contributed by atoms with Crippen LogP contribution >= 0.6 is 15.9 Å². The molecule has 0 aliphatic heterocycles. The van der Waals surface area contributed by atoms with Crippen molar-refractivity contribution in [3.63, 3.8) is 0 Å². The number of nitrogens with zero attached hydrogens (tertiary/aromatic N) is 1. The molecule has 168 valence electrons. The fraction of sp³-hybridized carbons (Fsp3) is 0.308. The molecule has 0 fully saturated rings. The number of rotatable bonds is 7. The molecule has 32 heavy (non-hydrogen) atoms. The summed E-state index contributed by atoms with van der Waals surface area (Å²) < 4.78 is 6.84. The highest BCUT2D eigenvalue weighted by atomic mass is 79.9. The summed E-state index contributed by atoms with van der Waals surface area (Å²) in [7, 11) is 0. The van der Waals surface area contributed by atoms with Gasteiger partial charge in [0.05, 0.1) is 0 Å². The number of halogens is 1. The summed E-state index contributed by atoms with van der Waals surface area (Å²) >= 11 is 3.47. The number of amides is 2. The van der Waals surface area contributed by atoms with Gasteiger partial charge in [0, 0.05) is 21.9 Å². The lowest BCUT2D eigenvalue weighted by Gasteiger charge is -2.31. The van der Waals surface area contributed by atoms with Crippen molar-refractivity contribution in [3.05, 3.63) is 76.8 Å². The van der Waals surface area contributed by atoms with Gasteiger partial charge in [-0.3, -0.25) is 9.59 Å². The maximum Gasteiger partial charge on any atom is 0.261 e. The summed E-state index contributed by atoms with van der Waals surface area (Å²) in [5.74, 6) is 0.186. The van der Waals surface area contributed by atoms with Crippen molar-refractivity contribution >= 4 is 38.5 Å². The largest absolute Gasteiger partial charge is 0.483 e. The van der Waals surface area contributed by atoms with Crippen molar-refractivity contribution < 1.29 is 14.3 Å². The second kappa shape index (κ2) is 10.2. The fourth-order valence-electron chi connectivity index (χ4n) is 3.43. The second-order valence-electron chi connectivity index (χ2n) is 8.83. The van der Waals surface area contributed by atoms with E-state index in [1.165, 1.54) is 0 Å². The zero-order valence-corrected chi connectivity index (χ0v) is 20.5. The van der Waals surface area contributed by atoms with E-state index in [9.17, 15) is 9.59 Å². The average Bonchev–Trinajstić information content (AvgIpc) is 2.74. The van der Waals surface area contributed by atoms with Gasteiger partial charge in [0.25, 0.3) is 5.91 Å². The average molecular weight is 497 g/mol. The molecule has 0 saturated heterocycles. The van der Waals surface area contributed by atoms with Gasteiger partial charge in [-0.1, -0.05) is 64.5 Å². The van der Waals surface area contributed by atoms with E-state index in [4.69, 9.17) is 4.74 Å². The first kappa shape index (κ1) is 23.8. The molecule has 1 atom stereocenters. The Labute approximate surface area is 197 Å². The first-order valence-corrected chi connectivity index (χ1v) is 11.4. The number of nitrogens with one attached hydrogen (secondary N) is 1. The Morgan fingerprint density at radius 1 is 1.03 bits per heavy atom. The van der Waals surface area contributed by atoms with E-state index < -0.39 is 11.6 Å². The van der Waals surface area contributed by atoms with Gasteiger partial charge in [-0.05, 0) is 56.8 Å². The quantitative estimate of drug-likeness (QED) is 0.481. The first-order chi connectivity index (χ1) is 15.1. The Balaban J connectivity index is 1.81. The van der Waals surface area contributed by atoms with Crippen LogP contribution in [0.5, 0.6) is 5.75 Å². The van der Waals surface area contributed by atoms with Crippen molar-refractivity contribution in [2.24, 2.45) is 0 Å². The standard InChI is InChI=1S/C26H29BrN2O3/c1-18(25(31)28-26(2,3)4)29(16-19-9-7-12-21(27)15-19)24(30)17-32-23-14-8-11-20-10-5-6-13-22(20)23/h5-15,18H,16-17H2,1-4H3,(H,28,31)/t18-/m1/s1. The van der Waals surface area contributed by atoms with Crippen LogP contribution in [0, 0.1) is 0 Å². The number of carbonyl (C=O) groups excluding carboxylic acids is 2. The van der Waals surface area contributed by atoms with Crippen molar-refractivity contribution in [2.45, 2.75) is 45.8 Å². The molecule has 0 heterocycles. The zero-order valence-electron chi connectivity index (χ0n) is 18.9. The van der Waals surface area contributed by atoms with Crippen molar-refractivity contribution in [3.8, 4) is 5.75 Å². The molecular weight excluding hydrogens is 468 g/mol. The zero-order chi connectivity index (χ0) is 23.3. The number of hydrogen-bond donors (Lipinski definition) is 1. The van der Waals surface area contributed by atoms with E-state index in [-0.39, 0.29) is 18.4 Å². The van der Waals surface area contributed by atoms with Gasteiger partial charge in [0.1, 0.15) is 11.8 Å². The Bertz CT molecular complexity index is 1100. The predicted molar refractivity (Wildman–Crippen MR) is 131 cm³/mol. The van der Waals surface area contributed by atoms with E-state index in [1.807, 2.05) is 87.5 Å². The molecule has 0 aliphatic rings. The molecule has 0 unspecified atom stereocenters. The Morgan fingerprint density at radius 2 is 1.72 bits per heavy atom. The SMILES string of the molecule is C[C@H](C(=O)NC(C)(C)C)N(Cc1cccc(Br)c1)C(=O)COc1cccc2ccccc12. The Kier molecular flexibility index (Phi) is 7.56. The van der Waals surface area contributed by atoms with Crippen LogP contribution in [-0.2, 0) is 16.1 Å². The van der Waals surface area contributed by atoms with Gasteiger partial charge in [0.2, 0.25) is 5.91 Å². The molecule has 0 aromatic heterocycles. The van der Waals surface area contributed by atoms with Crippen LogP contribution in [0.1, 0.15) is 33.3 Å². The number of fused-ring (bicyclic) bond motifs is 1. The van der Waals surface area contributed by atoms with Gasteiger partial charge in [-0.25, -0.2) is 0 Å². The summed E-state index contributed by atoms with van der Waals surface area (Å²) in [5.41, 5.74) is 0.531. The lowest BCUT2D eigenvalue weighted by Crippen LogP contribution is -2.53. The van der Waals surface area contributed by atoms with Gasteiger partial charge in [-0.15, -0.1) is 0 Å². The molecule has 3 rings (SSSR count). The lowest BCUT2D eigenvalue weighted by molar-refractivity contribution is -0.142. The molecule has 0 radical (unpaired) electrons. The third-order valence-corrected chi connectivity index (χ3v) is 5.50. The third kappa shape index (κ3) is 6.33. The maximum absolute atomic E-state index is 13.3. The molecule has 3 aromatic carbocycles. The summed E-state index contributed by atoms with van der Waals surface area (Å²) in [6.45, 7) is 7.64. The number of hydrogen-bond acceptors (Lipinski definition) is 3. The highest BCUT2D eigenvalue weighted by Gasteiger charge is 2.28. The van der Waals surface area contributed by atoms with Crippen LogP contribution in [0.15, 0.2) is 71.2 Å². The van der Waals surface area contributed by atoms with Crippen LogP contribution in [0.4, 0.5) is 0 Å². The van der Waals surface area contributed by atoms with Crippen molar-refractivity contribution in [2.75, 3.05) is 6.61 Å². The lowest BCUT2D eigenvalue weighted by atomic mass is 10.1. The van der Waals surface area contributed by atoms with E-state index in [1.54, 1.807) is 11.8 Å². The second-order valence-corrected chi connectivity index (χ2v) is 9.75. The molecular formula is C26H29BrN2O3. The maximum atomic E-state index is 13.3. The summed E-state index contributed by atoms with van der Waals surface area (Å²) in [5, 5.41) is 4.95. The minimum absolute atomic E-state index is 0.158. The normalized spacial score (nSPS) is 12.3. The number of carbonyl (C=O) groups is 2. The molecule has 0 saturated carbocycles.